The summed E-state index contributed by atoms with van der Waals surface area (Å²) < 4.78 is 27.8. The molecule has 36 heavy (non-hydrogen) atoms. The fourth-order valence-corrected chi connectivity index (χ4v) is 6.49. The number of para-hydroxylation sites is 2. The normalized spacial score (nSPS) is 12.0. The van der Waals surface area contributed by atoms with Gasteiger partial charge in [-0.1, -0.05) is 106 Å². The molecular formula is C27H21BrN3O3PS. The molecule has 0 bridgehead atoms. The Morgan fingerprint density at radius 3 is 1.81 bits per heavy atom. The van der Waals surface area contributed by atoms with Crippen LogP contribution in [-0.2, 0) is 4.57 Å². The van der Waals surface area contributed by atoms with Crippen molar-refractivity contribution in [2.75, 3.05) is 5.32 Å². The van der Waals surface area contributed by atoms with Crippen LogP contribution in [0.5, 0.6) is 11.5 Å². The third kappa shape index (κ3) is 5.85. The van der Waals surface area contributed by atoms with Crippen molar-refractivity contribution in [3.63, 3.8) is 0 Å². The quantitative estimate of drug-likeness (QED) is 0.177. The largest absolute Gasteiger partial charge is 0.457 e. The maximum Gasteiger partial charge on any atom is 0.457 e. The van der Waals surface area contributed by atoms with Crippen molar-refractivity contribution in [2.45, 2.75) is 5.78 Å². The van der Waals surface area contributed by atoms with Crippen LogP contribution in [0.15, 0.2) is 120 Å². The predicted octanol–water partition coefficient (Wildman–Crippen LogP) is 8.43. The minimum absolute atomic E-state index is 0.433. The van der Waals surface area contributed by atoms with Crippen LogP contribution < -0.4 is 14.4 Å². The third-order valence-corrected chi connectivity index (χ3v) is 8.58. The lowest BCUT2D eigenvalue weighted by Crippen LogP contribution is -2.18. The van der Waals surface area contributed by atoms with Crippen LogP contribution in [0.3, 0.4) is 0 Å². The Hall–Kier alpha value is -3.45. The van der Waals surface area contributed by atoms with Gasteiger partial charge in [-0.2, -0.15) is 0 Å². The molecule has 0 spiro atoms. The second kappa shape index (κ2) is 11.1. The summed E-state index contributed by atoms with van der Waals surface area (Å²) in [4.78, 5) is 0. The monoisotopic (exact) mass is 577 g/mol. The van der Waals surface area contributed by atoms with E-state index in [0.717, 1.165) is 15.0 Å². The topological polar surface area (TPSA) is 73.3 Å². The van der Waals surface area contributed by atoms with Crippen molar-refractivity contribution in [2.24, 2.45) is 0 Å². The van der Waals surface area contributed by atoms with Crippen LogP contribution in [0.4, 0.5) is 5.13 Å². The summed E-state index contributed by atoms with van der Waals surface area (Å²) in [5, 5.41) is 13.2. The molecule has 1 unspecified atom stereocenters. The number of aromatic nitrogens is 2. The van der Waals surface area contributed by atoms with Gasteiger partial charge in [0.15, 0.2) is 5.78 Å². The van der Waals surface area contributed by atoms with E-state index in [9.17, 15) is 4.57 Å². The highest BCUT2D eigenvalue weighted by Crippen LogP contribution is 2.60. The van der Waals surface area contributed by atoms with Gasteiger partial charge in [0.25, 0.3) is 0 Å². The summed E-state index contributed by atoms with van der Waals surface area (Å²) >= 11 is 4.84. The molecule has 180 valence electrons. The van der Waals surface area contributed by atoms with Crippen molar-refractivity contribution in [3.05, 3.63) is 125 Å². The van der Waals surface area contributed by atoms with E-state index in [1.807, 2.05) is 91.0 Å². The standard InChI is InChI=1S/C27H21BrN3O3PS/c28-22-18-16-20(17-19-22)25(29-27-31-30-26(36-27)21-10-4-1-5-11-21)35(32,33-23-12-6-2-7-13-23)34-24-14-8-3-9-15-24/h1-19,25H,(H,29,31). The molecule has 1 atom stereocenters. The van der Waals surface area contributed by atoms with Gasteiger partial charge in [0.1, 0.15) is 16.5 Å². The molecule has 0 fully saturated rings. The molecule has 1 heterocycles. The van der Waals surface area contributed by atoms with E-state index in [1.165, 1.54) is 11.3 Å². The second-order valence-corrected chi connectivity index (χ2v) is 11.6. The van der Waals surface area contributed by atoms with E-state index in [0.29, 0.717) is 22.2 Å². The summed E-state index contributed by atoms with van der Waals surface area (Å²) in [6.07, 6.45) is 0. The first kappa shape index (κ1) is 24.3. The number of hydrogen-bond donors (Lipinski definition) is 1. The Kier molecular flexibility index (Phi) is 7.47. The van der Waals surface area contributed by atoms with Gasteiger partial charge in [-0.15, -0.1) is 10.2 Å². The minimum atomic E-state index is -3.93. The van der Waals surface area contributed by atoms with Gasteiger partial charge in [-0.25, -0.2) is 4.57 Å². The fourth-order valence-electron chi connectivity index (χ4n) is 3.47. The molecular weight excluding hydrogens is 557 g/mol. The minimum Gasteiger partial charge on any atom is -0.414 e. The van der Waals surface area contributed by atoms with Crippen LogP contribution in [-0.4, -0.2) is 10.2 Å². The van der Waals surface area contributed by atoms with E-state index in [2.05, 4.69) is 31.4 Å². The molecule has 6 nitrogen and oxygen atoms in total. The Bertz CT molecular complexity index is 1410. The second-order valence-electron chi connectivity index (χ2n) is 7.73. The van der Waals surface area contributed by atoms with Crippen molar-refractivity contribution in [3.8, 4) is 22.1 Å². The maximum atomic E-state index is 14.7. The number of nitrogens with one attached hydrogen (secondary N) is 1. The Morgan fingerprint density at radius 1 is 0.722 bits per heavy atom. The van der Waals surface area contributed by atoms with Gasteiger partial charge in [0.05, 0.1) is 0 Å². The molecule has 5 aromatic rings. The Balaban J connectivity index is 1.56. The smallest absolute Gasteiger partial charge is 0.414 e. The average Bonchev–Trinajstić information content (AvgIpc) is 3.38. The zero-order chi connectivity index (χ0) is 24.8. The predicted molar refractivity (Wildman–Crippen MR) is 148 cm³/mol. The van der Waals surface area contributed by atoms with Gasteiger partial charge in [0.2, 0.25) is 5.13 Å². The summed E-state index contributed by atoms with van der Waals surface area (Å²) in [5.41, 5.74) is 1.66. The first-order valence-electron chi connectivity index (χ1n) is 11.1. The van der Waals surface area contributed by atoms with Crippen LogP contribution >= 0.6 is 34.9 Å². The van der Waals surface area contributed by atoms with Crippen molar-refractivity contribution >= 4 is 40.0 Å². The summed E-state index contributed by atoms with van der Waals surface area (Å²) in [7, 11) is -3.93. The molecule has 0 saturated heterocycles. The van der Waals surface area contributed by atoms with E-state index in [-0.39, 0.29) is 0 Å². The number of benzene rings is 4. The van der Waals surface area contributed by atoms with Crippen LogP contribution in [0, 0.1) is 0 Å². The molecule has 1 N–H and O–H groups in total. The van der Waals surface area contributed by atoms with Gasteiger partial charge >= 0.3 is 7.60 Å². The summed E-state index contributed by atoms with van der Waals surface area (Å²) in [5.74, 6) is -0.00610. The highest BCUT2D eigenvalue weighted by atomic mass is 79.9. The molecule has 0 aliphatic heterocycles. The van der Waals surface area contributed by atoms with Crippen molar-refractivity contribution < 1.29 is 13.6 Å². The third-order valence-electron chi connectivity index (χ3n) is 5.16. The SMILES string of the molecule is O=P(Oc1ccccc1)(Oc1ccccc1)C(Nc1nnc(-c2ccccc2)s1)c1ccc(Br)cc1. The van der Waals surface area contributed by atoms with E-state index in [4.69, 9.17) is 9.05 Å². The summed E-state index contributed by atoms with van der Waals surface area (Å²) in [6, 6.07) is 35.3. The lowest BCUT2D eigenvalue weighted by molar-refractivity contribution is 0.376. The highest BCUT2D eigenvalue weighted by Gasteiger charge is 2.41. The maximum absolute atomic E-state index is 14.7. The van der Waals surface area contributed by atoms with E-state index >= 15 is 0 Å². The summed E-state index contributed by atoms with van der Waals surface area (Å²) in [6.45, 7) is 0. The molecule has 4 aromatic carbocycles. The molecule has 9 heteroatoms. The number of nitrogens with zero attached hydrogens (tertiary/aromatic N) is 2. The van der Waals surface area contributed by atoms with Crippen LogP contribution in [0.25, 0.3) is 10.6 Å². The first-order valence-corrected chi connectivity index (χ1v) is 14.3. The lowest BCUT2D eigenvalue weighted by atomic mass is 10.2. The van der Waals surface area contributed by atoms with E-state index in [1.54, 1.807) is 24.3 Å². The molecule has 0 saturated carbocycles. The Labute approximate surface area is 221 Å². The Morgan fingerprint density at radius 2 is 1.25 bits per heavy atom. The van der Waals surface area contributed by atoms with Gasteiger partial charge in [-0.05, 0) is 42.0 Å². The number of anilines is 1. The van der Waals surface area contributed by atoms with Gasteiger partial charge in [0, 0.05) is 10.0 Å². The first-order chi connectivity index (χ1) is 17.6. The van der Waals surface area contributed by atoms with Gasteiger partial charge < -0.3 is 14.4 Å². The molecule has 0 aliphatic rings. The lowest BCUT2D eigenvalue weighted by Gasteiger charge is -2.28. The van der Waals surface area contributed by atoms with Crippen LogP contribution in [0.2, 0.25) is 0 Å². The zero-order valence-electron chi connectivity index (χ0n) is 18.9. The number of halogens is 1. The van der Waals surface area contributed by atoms with Crippen molar-refractivity contribution in [1.29, 1.82) is 0 Å². The molecule has 5 rings (SSSR count). The molecule has 1 aromatic heterocycles. The average molecular weight is 578 g/mol. The molecule has 0 radical (unpaired) electrons. The van der Waals surface area contributed by atoms with Gasteiger partial charge in [-0.3, -0.25) is 0 Å². The van der Waals surface area contributed by atoms with Crippen molar-refractivity contribution in [1.82, 2.24) is 10.2 Å². The zero-order valence-corrected chi connectivity index (χ0v) is 22.2. The number of hydrogen-bond acceptors (Lipinski definition) is 7. The fraction of sp³-hybridized carbons (Fsp3) is 0.0370. The van der Waals surface area contributed by atoms with E-state index < -0.39 is 13.4 Å². The molecule has 0 aliphatic carbocycles. The van der Waals surface area contributed by atoms with Crippen LogP contribution in [0.1, 0.15) is 11.3 Å². The molecule has 0 amide bonds. The highest BCUT2D eigenvalue weighted by molar-refractivity contribution is 9.10. The number of rotatable bonds is 9.